The molecule has 11 nitrogen and oxygen atoms in total. The summed E-state index contributed by atoms with van der Waals surface area (Å²) >= 11 is 0. The second-order valence-electron chi connectivity index (χ2n) is 9.93. The Kier molecular flexibility index (Phi) is 8.70. The largest absolute Gasteiger partial charge is 0.455 e. The van der Waals surface area contributed by atoms with E-state index in [1.54, 1.807) is 43.6 Å². The molecule has 2 fully saturated rings. The van der Waals surface area contributed by atoms with Crippen molar-refractivity contribution in [3.8, 4) is 11.5 Å². The highest BCUT2D eigenvalue weighted by Crippen LogP contribution is 2.31. The lowest BCUT2D eigenvalue weighted by Crippen LogP contribution is -2.39. The maximum atomic E-state index is 12.6. The van der Waals surface area contributed by atoms with E-state index >= 15 is 0 Å². The highest BCUT2D eigenvalue weighted by Gasteiger charge is 2.41. The minimum Gasteiger partial charge on any atom is -0.455 e. The van der Waals surface area contributed by atoms with Gasteiger partial charge in [-0.05, 0) is 31.5 Å². The fourth-order valence-corrected chi connectivity index (χ4v) is 4.24. The normalized spacial score (nSPS) is 17.8. The molecule has 0 unspecified atom stereocenters. The Labute approximate surface area is 222 Å². The van der Waals surface area contributed by atoms with Crippen molar-refractivity contribution in [2.45, 2.75) is 27.2 Å². The molecule has 38 heavy (non-hydrogen) atoms. The number of amides is 3. The van der Waals surface area contributed by atoms with Gasteiger partial charge in [0.25, 0.3) is 0 Å². The van der Waals surface area contributed by atoms with Crippen LogP contribution in [0, 0.1) is 17.7 Å². The van der Waals surface area contributed by atoms with E-state index in [2.05, 4.69) is 25.5 Å². The van der Waals surface area contributed by atoms with E-state index in [0.29, 0.717) is 47.2 Å². The smallest absolute Gasteiger partial charge is 0.329 e. The van der Waals surface area contributed by atoms with Gasteiger partial charge < -0.3 is 20.2 Å². The van der Waals surface area contributed by atoms with Crippen molar-refractivity contribution in [2.24, 2.45) is 5.41 Å². The van der Waals surface area contributed by atoms with Gasteiger partial charge in [-0.2, -0.15) is 0 Å². The molecule has 0 spiro atoms. The maximum absolute atomic E-state index is 12.6. The third kappa shape index (κ3) is 6.73. The standard InChI is InChI=1S/C27H35N7O4/c1-19-23(4-5-24(31-19)32-26(36)34-10-7-27(2,3)25(34)35)38-21-6-8-30-22(16-21)20(17-28)18-29-9-11-33-12-14-37-15-13-33/h4-6,8,16-18,28-29H,7,9-15H2,1-3H3,(H,31,32,36)/b20-18+,28-17?. The van der Waals surface area contributed by atoms with Crippen molar-refractivity contribution in [3.05, 3.63) is 48.1 Å². The van der Waals surface area contributed by atoms with Crippen molar-refractivity contribution >= 4 is 29.5 Å². The maximum Gasteiger partial charge on any atom is 0.329 e. The Morgan fingerprint density at radius 2 is 2.03 bits per heavy atom. The number of urea groups is 1. The number of aryl methyl sites for hydroxylation is 1. The van der Waals surface area contributed by atoms with Gasteiger partial charge in [0, 0.05) is 68.4 Å². The lowest BCUT2D eigenvalue weighted by Gasteiger charge is -2.26. The fourth-order valence-electron chi connectivity index (χ4n) is 4.24. The van der Waals surface area contributed by atoms with Gasteiger partial charge in [0.05, 0.1) is 24.6 Å². The first-order valence-corrected chi connectivity index (χ1v) is 12.8. The van der Waals surface area contributed by atoms with Crippen molar-refractivity contribution < 1.29 is 19.1 Å². The number of morpholine rings is 1. The quantitative estimate of drug-likeness (QED) is 0.338. The van der Waals surface area contributed by atoms with Crippen LogP contribution in [0.15, 0.2) is 36.7 Å². The van der Waals surface area contributed by atoms with Crippen LogP contribution in [0.4, 0.5) is 10.6 Å². The number of carbonyl (C=O) groups is 2. The predicted molar refractivity (Wildman–Crippen MR) is 144 cm³/mol. The molecule has 3 N–H and O–H groups in total. The number of aromatic nitrogens is 2. The van der Waals surface area contributed by atoms with Gasteiger partial charge in [-0.25, -0.2) is 9.78 Å². The van der Waals surface area contributed by atoms with Crippen LogP contribution in [0.1, 0.15) is 31.7 Å². The SMILES string of the molecule is Cc1nc(NC(=O)N2CCC(C)(C)C2=O)ccc1Oc1ccnc(/C(C=N)=C/NCCN2CCOCC2)c1. The summed E-state index contributed by atoms with van der Waals surface area (Å²) in [5.74, 6) is 1.21. The van der Waals surface area contributed by atoms with Gasteiger partial charge in [0.2, 0.25) is 5.91 Å². The first kappa shape index (κ1) is 27.2. The number of pyridine rings is 2. The lowest BCUT2D eigenvalue weighted by molar-refractivity contribution is -0.131. The minimum absolute atomic E-state index is 0.189. The molecule has 202 valence electrons. The van der Waals surface area contributed by atoms with Crippen molar-refractivity contribution in [3.63, 3.8) is 0 Å². The summed E-state index contributed by atoms with van der Waals surface area (Å²) in [4.78, 5) is 37.4. The molecule has 2 aliphatic rings. The molecule has 0 radical (unpaired) electrons. The molecule has 3 amide bonds. The number of carbonyl (C=O) groups excluding carboxylic acids is 2. The van der Waals surface area contributed by atoms with Crippen LogP contribution in [0.3, 0.4) is 0 Å². The summed E-state index contributed by atoms with van der Waals surface area (Å²) in [5.41, 5.74) is 1.27. The molecule has 0 aliphatic carbocycles. The van der Waals surface area contributed by atoms with Gasteiger partial charge in [0.1, 0.15) is 17.3 Å². The zero-order valence-electron chi connectivity index (χ0n) is 22.1. The second kappa shape index (κ2) is 12.1. The van der Waals surface area contributed by atoms with Crippen LogP contribution in [-0.2, 0) is 9.53 Å². The summed E-state index contributed by atoms with van der Waals surface area (Å²) < 4.78 is 11.4. The van der Waals surface area contributed by atoms with Gasteiger partial charge in [-0.1, -0.05) is 13.8 Å². The monoisotopic (exact) mass is 521 g/mol. The molecule has 0 aromatic carbocycles. The number of anilines is 1. The molecule has 0 atom stereocenters. The Morgan fingerprint density at radius 3 is 2.71 bits per heavy atom. The second-order valence-corrected chi connectivity index (χ2v) is 9.93. The highest BCUT2D eigenvalue weighted by atomic mass is 16.5. The molecule has 2 aromatic rings. The van der Waals surface area contributed by atoms with Crippen molar-refractivity contribution in [2.75, 3.05) is 51.3 Å². The molecule has 2 aliphatic heterocycles. The highest BCUT2D eigenvalue weighted by molar-refractivity contribution is 6.07. The van der Waals surface area contributed by atoms with E-state index in [4.69, 9.17) is 14.9 Å². The molecule has 4 rings (SSSR count). The summed E-state index contributed by atoms with van der Waals surface area (Å²) in [5, 5.41) is 13.8. The van der Waals surface area contributed by atoms with E-state index in [9.17, 15) is 9.59 Å². The molecule has 2 aromatic heterocycles. The molecule has 0 saturated carbocycles. The topological polar surface area (TPSA) is 133 Å². The third-order valence-electron chi connectivity index (χ3n) is 6.65. The Morgan fingerprint density at radius 1 is 1.24 bits per heavy atom. The van der Waals surface area contributed by atoms with E-state index in [-0.39, 0.29) is 5.91 Å². The van der Waals surface area contributed by atoms with E-state index in [0.717, 1.165) is 39.4 Å². The number of nitrogens with zero attached hydrogens (tertiary/aromatic N) is 4. The van der Waals surface area contributed by atoms with E-state index < -0.39 is 11.4 Å². The van der Waals surface area contributed by atoms with E-state index in [1.807, 2.05) is 13.8 Å². The summed E-state index contributed by atoms with van der Waals surface area (Å²) in [7, 11) is 0. The van der Waals surface area contributed by atoms with Gasteiger partial charge >= 0.3 is 6.03 Å². The average molecular weight is 522 g/mol. The number of nitrogens with one attached hydrogen (secondary N) is 3. The molecule has 4 heterocycles. The number of imide groups is 1. The predicted octanol–water partition coefficient (Wildman–Crippen LogP) is 3.28. The Hall–Kier alpha value is -3.83. The fraction of sp³-hybridized carbons (Fsp3) is 0.444. The lowest BCUT2D eigenvalue weighted by atomic mass is 9.92. The molecule has 2 saturated heterocycles. The molecular formula is C27H35N7O4. The zero-order chi connectivity index (χ0) is 27.1. The first-order valence-electron chi connectivity index (χ1n) is 12.8. The molecule has 11 heteroatoms. The number of likely N-dealkylation sites (tertiary alicyclic amines) is 1. The number of hydrogen-bond donors (Lipinski definition) is 3. The minimum atomic E-state index is -0.534. The van der Waals surface area contributed by atoms with Crippen LogP contribution >= 0.6 is 0 Å². The number of rotatable bonds is 9. The Bertz CT molecular complexity index is 1210. The van der Waals surface area contributed by atoms with E-state index in [1.165, 1.54) is 11.1 Å². The van der Waals surface area contributed by atoms with Crippen LogP contribution in [0.5, 0.6) is 11.5 Å². The van der Waals surface area contributed by atoms with Crippen LogP contribution in [0.2, 0.25) is 0 Å². The van der Waals surface area contributed by atoms with Gasteiger partial charge in [0.15, 0.2) is 0 Å². The zero-order valence-corrected chi connectivity index (χ0v) is 22.1. The summed E-state index contributed by atoms with van der Waals surface area (Å²) in [6, 6.07) is 6.36. The third-order valence-corrected chi connectivity index (χ3v) is 6.65. The first-order chi connectivity index (χ1) is 18.3. The molecular weight excluding hydrogens is 486 g/mol. The number of allylic oxidation sites excluding steroid dienone is 1. The van der Waals surface area contributed by atoms with Crippen molar-refractivity contribution in [1.29, 1.82) is 5.41 Å². The molecule has 0 bridgehead atoms. The van der Waals surface area contributed by atoms with Crippen molar-refractivity contribution in [1.82, 2.24) is 25.1 Å². The van der Waals surface area contributed by atoms with Gasteiger partial charge in [-0.15, -0.1) is 0 Å². The summed E-state index contributed by atoms with van der Waals surface area (Å²) in [6.45, 7) is 10.9. The van der Waals surface area contributed by atoms with Crippen LogP contribution < -0.4 is 15.4 Å². The average Bonchev–Trinajstić information content (AvgIpc) is 3.18. The number of ether oxygens (including phenoxy) is 2. The van der Waals surface area contributed by atoms with Gasteiger partial charge in [-0.3, -0.25) is 24.9 Å². The summed E-state index contributed by atoms with van der Waals surface area (Å²) in [6.07, 6.45) is 5.30. The van der Waals surface area contributed by atoms with Crippen LogP contribution in [-0.4, -0.2) is 83.9 Å². The van der Waals surface area contributed by atoms with Crippen LogP contribution in [0.25, 0.3) is 5.57 Å². The number of hydrogen-bond acceptors (Lipinski definition) is 9. The Balaban J connectivity index is 1.36.